The minimum absolute atomic E-state index is 0.0123. The third-order valence-electron chi connectivity index (χ3n) is 3.14. The second-order valence-electron chi connectivity index (χ2n) is 4.94. The summed E-state index contributed by atoms with van der Waals surface area (Å²) in [6, 6.07) is 6.52. The number of hydrogen-bond acceptors (Lipinski definition) is 5. The molecule has 116 valence electrons. The predicted octanol–water partition coefficient (Wildman–Crippen LogP) is 1.26. The van der Waals surface area contributed by atoms with Crippen LogP contribution in [0.15, 0.2) is 47.8 Å². The highest BCUT2D eigenvalue weighted by atomic mass is 32.2. The van der Waals surface area contributed by atoms with E-state index in [0.29, 0.717) is 5.69 Å². The lowest BCUT2D eigenvalue weighted by molar-refractivity contribution is -0.120. The van der Waals surface area contributed by atoms with Gasteiger partial charge < -0.3 is 5.32 Å². The van der Waals surface area contributed by atoms with Crippen molar-refractivity contribution in [2.75, 3.05) is 0 Å². The zero-order valence-electron chi connectivity index (χ0n) is 12.4. The zero-order valence-corrected chi connectivity index (χ0v) is 13.2. The number of sulfone groups is 1. The van der Waals surface area contributed by atoms with E-state index in [1.165, 1.54) is 37.6 Å². The van der Waals surface area contributed by atoms with Gasteiger partial charge in [-0.15, -0.1) is 0 Å². The van der Waals surface area contributed by atoms with Gasteiger partial charge in [-0.2, -0.15) is 0 Å². The minimum Gasteiger partial charge on any atom is -0.339 e. The van der Waals surface area contributed by atoms with Gasteiger partial charge in [0.1, 0.15) is 5.37 Å². The first-order valence-corrected chi connectivity index (χ1v) is 8.29. The Kier molecular flexibility index (Phi) is 4.87. The number of amides is 1. The van der Waals surface area contributed by atoms with Gasteiger partial charge in [-0.1, -0.05) is 17.7 Å². The second kappa shape index (κ2) is 6.65. The highest BCUT2D eigenvalue weighted by Gasteiger charge is 2.24. The third-order valence-corrected chi connectivity index (χ3v) is 5.12. The van der Waals surface area contributed by atoms with Gasteiger partial charge in [-0.25, -0.2) is 8.42 Å². The number of aromatic nitrogens is 2. The van der Waals surface area contributed by atoms with E-state index in [0.717, 1.165) is 5.56 Å². The van der Waals surface area contributed by atoms with Crippen molar-refractivity contribution in [1.29, 1.82) is 0 Å². The molecule has 2 aromatic rings. The Morgan fingerprint density at radius 3 is 2.50 bits per heavy atom. The highest BCUT2D eigenvalue weighted by Crippen LogP contribution is 2.15. The molecule has 1 amide bonds. The fraction of sp³-hybridized carbons (Fsp3) is 0.267. The number of rotatable bonds is 5. The second-order valence-corrected chi connectivity index (χ2v) is 7.21. The minimum atomic E-state index is -3.61. The maximum Gasteiger partial charge on any atom is 0.227 e. The van der Waals surface area contributed by atoms with Crippen LogP contribution in [0, 0.1) is 6.92 Å². The Labute approximate surface area is 129 Å². The van der Waals surface area contributed by atoms with Crippen molar-refractivity contribution in [2.45, 2.75) is 30.5 Å². The number of nitrogens with zero attached hydrogens (tertiary/aromatic N) is 2. The van der Waals surface area contributed by atoms with Crippen molar-refractivity contribution in [1.82, 2.24) is 15.3 Å². The number of carbonyl (C=O) groups is 1. The molecule has 0 radical (unpaired) electrons. The molecule has 1 aromatic heterocycles. The fourth-order valence-corrected chi connectivity index (χ4v) is 3.08. The number of aryl methyl sites for hydroxylation is 1. The average molecular weight is 319 g/mol. The molecule has 0 aliphatic rings. The molecule has 0 bridgehead atoms. The third kappa shape index (κ3) is 3.88. The van der Waals surface area contributed by atoms with Gasteiger partial charge in [0.05, 0.1) is 17.0 Å². The molecular weight excluding hydrogens is 302 g/mol. The molecule has 0 fully saturated rings. The lowest BCUT2D eigenvalue weighted by Gasteiger charge is -2.15. The fourth-order valence-electron chi connectivity index (χ4n) is 1.87. The van der Waals surface area contributed by atoms with E-state index in [4.69, 9.17) is 0 Å². The molecule has 1 aromatic carbocycles. The van der Waals surface area contributed by atoms with Crippen molar-refractivity contribution in [3.8, 4) is 0 Å². The lowest BCUT2D eigenvalue weighted by atomic mass is 10.2. The molecule has 0 aliphatic heterocycles. The predicted molar refractivity (Wildman–Crippen MR) is 81.7 cm³/mol. The summed E-state index contributed by atoms with van der Waals surface area (Å²) in [5.74, 6) is -0.413. The number of benzene rings is 1. The molecule has 6 nitrogen and oxygen atoms in total. The Balaban J connectivity index is 2.06. The van der Waals surface area contributed by atoms with Gasteiger partial charge in [-0.05, 0) is 26.0 Å². The highest BCUT2D eigenvalue weighted by molar-refractivity contribution is 7.92. The molecule has 0 spiro atoms. The summed E-state index contributed by atoms with van der Waals surface area (Å²) in [7, 11) is -3.61. The topological polar surface area (TPSA) is 89.0 Å². The molecule has 7 heteroatoms. The van der Waals surface area contributed by atoms with E-state index in [2.05, 4.69) is 15.3 Å². The van der Waals surface area contributed by atoms with Crippen LogP contribution >= 0.6 is 0 Å². The largest absolute Gasteiger partial charge is 0.339 e. The van der Waals surface area contributed by atoms with Crippen LogP contribution in [0.2, 0.25) is 0 Å². The molecule has 1 atom stereocenters. The quantitative estimate of drug-likeness (QED) is 0.896. The Hall–Kier alpha value is -2.28. The van der Waals surface area contributed by atoms with Crippen molar-refractivity contribution >= 4 is 15.7 Å². The smallest absolute Gasteiger partial charge is 0.227 e. The molecule has 0 saturated heterocycles. The normalized spacial score (nSPS) is 12.6. The summed E-state index contributed by atoms with van der Waals surface area (Å²) in [6.07, 6.45) is 4.45. The molecule has 1 heterocycles. The van der Waals surface area contributed by atoms with Gasteiger partial charge in [0, 0.05) is 18.6 Å². The molecule has 2 rings (SSSR count). The van der Waals surface area contributed by atoms with Crippen LogP contribution in [-0.4, -0.2) is 29.7 Å². The Morgan fingerprint density at radius 2 is 1.91 bits per heavy atom. The summed E-state index contributed by atoms with van der Waals surface area (Å²) in [6.45, 7) is 3.33. The van der Waals surface area contributed by atoms with Crippen LogP contribution in [-0.2, 0) is 21.1 Å². The summed E-state index contributed by atoms with van der Waals surface area (Å²) >= 11 is 0. The van der Waals surface area contributed by atoms with E-state index in [9.17, 15) is 13.2 Å². The van der Waals surface area contributed by atoms with Gasteiger partial charge in [0.2, 0.25) is 5.91 Å². The SMILES string of the molecule is Cc1ccc(S(=O)(=O)C(C)NC(=O)Cc2cnccn2)cc1. The van der Waals surface area contributed by atoms with Crippen LogP contribution < -0.4 is 5.32 Å². The monoisotopic (exact) mass is 319 g/mol. The molecule has 22 heavy (non-hydrogen) atoms. The molecule has 1 N–H and O–H groups in total. The van der Waals surface area contributed by atoms with E-state index in [1.807, 2.05) is 6.92 Å². The summed E-state index contributed by atoms with van der Waals surface area (Å²) in [4.78, 5) is 19.9. The van der Waals surface area contributed by atoms with Crippen molar-refractivity contribution in [3.05, 3.63) is 54.1 Å². The maximum absolute atomic E-state index is 12.4. The maximum atomic E-state index is 12.4. The van der Waals surface area contributed by atoms with E-state index < -0.39 is 21.1 Å². The van der Waals surface area contributed by atoms with Gasteiger partial charge >= 0.3 is 0 Å². The van der Waals surface area contributed by atoms with E-state index >= 15 is 0 Å². The van der Waals surface area contributed by atoms with Gasteiger partial charge in [0.25, 0.3) is 0 Å². The summed E-state index contributed by atoms with van der Waals surface area (Å²) < 4.78 is 24.8. The molecule has 0 aliphatic carbocycles. The van der Waals surface area contributed by atoms with E-state index in [1.54, 1.807) is 12.1 Å². The average Bonchev–Trinajstić information content (AvgIpc) is 2.48. The van der Waals surface area contributed by atoms with Crippen LogP contribution in [0.3, 0.4) is 0 Å². The van der Waals surface area contributed by atoms with Crippen molar-refractivity contribution < 1.29 is 13.2 Å². The molecular formula is C15H17N3O3S. The Bertz CT molecular complexity index is 743. The van der Waals surface area contributed by atoms with Crippen LogP contribution in [0.25, 0.3) is 0 Å². The first kappa shape index (κ1) is 16.1. The first-order valence-electron chi connectivity index (χ1n) is 6.74. The van der Waals surface area contributed by atoms with Crippen LogP contribution in [0.4, 0.5) is 0 Å². The molecule has 1 unspecified atom stereocenters. The first-order chi connectivity index (χ1) is 10.4. The Morgan fingerprint density at radius 1 is 1.23 bits per heavy atom. The van der Waals surface area contributed by atoms with E-state index in [-0.39, 0.29) is 11.3 Å². The number of hydrogen-bond donors (Lipinski definition) is 1. The number of nitrogens with one attached hydrogen (secondary N) is 1. The van der Waals surface area contributed by atoms with Gasteiger partial charge in [-0.3, -0.25) is 14.8 Å². The molecule has 0 saturated carbocycles. The van der Waals surface area contributed by atoms with Gasteiger partial charge in [0.15, 0.2) is 9.84 Å². The van der Waals surface area contributed by atoms with Crippen LogP contribution in [0.1, 0.15) is 18.2 Å². The number of carbonyl (C=O) groups excluding carboxylic acids is 1. The summed E-state index contributed by atoms with van der Waals surface area (Å²) in [5, 5.41) is 1.47. The van der Waals surface area contributed by atoms with Crippen molar-refractivity contribution in [3.63, 3.8) is 0 Å². The van der Waals surface area contributed by atoms with Crippen LogP contribution in [0.5, 0.6) is 0 Å². The lowest BCUT2D eigenvalue weighted by Crippen LogP contribution is -2.39. The van der Waals surface area contributed by atoms with Crippen molar-refractivity contribution in [2.24, 2.45) is 0 Å². The summed E-state index contributed by atoms with van der Waals surface area (Å²) in [5.41, 5.74) is 1.46. The standard InChI is InChI=1S/C15H17N3O3S/c1-11-3-5-14(6-4-11)22(20,21)12(2)18-15(19)9-13-10-16-7-8-17-13/h3-8,10,12H,9H2,1-2H3,(H,18,19). The zero-order chi connectivity index (χ0) is 16.2.